The molecule has 2 aromatic rings. The number of para-hydroxylation sites is 1. The normalized spacial score (nSPS) is 14.6. The van der Waals surface area contributed by atoms with Crippen LogP contribution < -0.4 is 9.64 Å². The van der Waals surface area contributed by atoms with Crippen molar-refractivity contribution in [3.05, 3.63) is 60.2 Å². The lowest BCUT2D eigenvalue weighted by molar-refractivity contribution is 0.250. The molecule has 0 saturated carbocycles. The number of hydrogen-bond donors (Lipinski definition) is 0. The maximum Gasteiger partial charge on any atom is 0.118 e. The van der Waals surface area contributed by atoms with Crippen LogP contribution in [0, 0.1) is 0 Å². The Balaban J connectivity index is 0.00000132. The predicted molar refractivity (Wildman–Crippen MR) is 101 cm³/mol. The van der Waals surface area contributed by atoms with Crippen molar-refractivity contribution in [2.24, 2.45) is 0 Å². The first-order valence-corrected chi connectivity index (χ1v) is 7.50. The van der Waals surface area contributed by atoms with Gasteiger partial charge >= 0.3 is 0 Å². The van der Waals surface area contributed by atoms with Gasteiger partial charge in [-0.1, -0.05) is 30.3 Å². The van der Waals surface area contributed by atoms with Gasteiger partial charge in [-0.25, -0.2) is 0 Å². The van der Waals surface area contributed by atoms with Crippen LogP contribution in [0.1, 0.15) is 5.56 Å². The summed E-state index contributed by atoms with van der Waals surface area (Å²) in [5.41, 5.74) is 2.69. The number of halogens is 2. The molecule has 0 bridgehead atoms. The summed E-state index contributed by atoms with van der Waals surface area (Å²) in [6, 6.07) is 19.1. The van der Waals surface area contributed by atoms with Gasteiger partial charge in [0.1, 0.15) is 5.75 Å². The van der Waals surface area contributed by atoms with Crippen molar-refractivity contribution in [1.29, 1.82) is 0 Å². The van der Waals surface area contributed by atoms with Crippen molar-refractivity contribution < 1.29 is 4.74 Å². The molecule has 23 heavy (non-hydrogen) atoms. The van der Waals surface area contributed by atoms with Gasteiger partial charge in [-0.15, -0.1) is 24.8 Å². The van der Waals surface area contributed by atoms with Crippen molar-refractivity contribution in [2.75, 3.05) is 38.2 Å². The van der Waals surface area contributed by atoms with Crippen LogP contribution >= 0.6 is 24.8 Å². The third kappa shape index (κ3) is 5.31. The van der Waals surface area contributed by atoms with Gasteiger partial charge in [-0.2, -0.15) is 0 Å². The van der Waals surface area contributed by atoms with E-state index in [-0.39, 0.29) is 24.8 Å². The summed E-state index contributed by atoms with van der Waals surface area (Å²) in [5, 5.41) is 0. The number of piperazine rings is 1. The number of methoxy groups -OCH3 is 1. The highest BCUT2D eigenvalue weighted by molar-refractivity contribution is 5.85. The Morgan fingerprint density at radius 2 is 1.43 bits per heavy atom. The number of benzene rings is 2. The molecule has 1 fully saturated rings. The molecular formula is C18H24Cl2N2O. The molecule has 0 aliphatic carbocycles. The van der Waals surface area contributed by atoms with Gasteiger partial charge < -0.3 is 9.64 Å². The number of ether oxygens (including phenoxy) is 1. The molecule has 0 amide bonds. The second-order valence-electron chi connectivity index (χ2n) is 5.45. The summed E-state index contributed by atoms with van der Waals surface area (Å²) in [5.74, 6) is 0.924. The SMILES string of the molecule is COc1ccc(CN2CCN(c3ccccc3)CC2)cc1.Cl.Cl. The number of anilines is 1. The van der Waals surface area contributed by atoms with E-state index in [1.807, 2.05) is 12.1 Å². The Morgan fingerprint density at radius 1 is 0.826 bits per heavy atom. The van der Waals surface area contributed by atoms with E-state index in [1.54, 1.807) is 7.11 Å². The first kappa shape index (κ1) is 19.6. The summed E-state index contributed by atoms with van der Waals surface area (Å²) < 4.78 is 5.20. The van der Waals surface area contributed by atoms with Crippen LogP contribution in [0.5, 0.6) is 5.75 Å². The fourth-order valence-corrected chi connectivity index (χ4v) is 2.79. The maximum atomic E-state index is 5.20. The number of hydrogen-bond acceptors (Lipinski definition) is 3. The lowest BCUT2D eigenvalue weighted by Crippen LogP contribution is -2.45. The molecule has 0 N–H and O–H groups in total. The molecule has 0 aromatic heterocycles. The van der Waals surface area contributed by atoms with E-state index in [1.165, 1.54) is 11.3 Å². The topological polar surface area (TPSA) is 15.7 Å². The van der Waals surface area contributed by atoms with E-state index in [9.17, 15) is 0 Å². The van der Waals surface area contributed by atoms with Gasteiger partial charge in [0.2, 0.25) is 0 Å². The highest BCUT2D eigenvalue weighted by Gasteiger charge is 2.16. The van der Waals surface area contributed by atoms with Crippen LogP contribution in [0.15, 0.2) is 54.6 Å². The average molecular weight is 355 g/mol. The second kappa shape index (κ2) is 9.66. The molecule has 0 atom stereocenters. The van der Waals surface area contributed by atoms with Crippen molar-refractivity contribution in [2.45, 2.75) is 6.54 Å². The van der Waals surface area contributed by atoms with Crippen LogP contribution in [0.25, 0.3) is 0 Å². The first-order valence-electron chi connectivity index (χ1n) is 7.50. The maximum absolute atomic E-state index is 5.20. The molecule has 0 radical (unpaired) electrons. The zero-order chi connectivity index (χ0) is 14.5. The van der Waals surface area contributed by atoms with Crippen LogP contribution in [0.2, 0.25) is 0 Å². The Labute approximate surface area is 151 Å². The minimum absolute atomic E-state index is 0. The van der Waals surface area contributed by atoms with Crippen molar-refractivity contribution in [3.63, 3.8) is 0 Å². The Bertz CT molecular complexity index is 555. The quantitative estimate of drug-likeness (QED) is 0.828. The lowest BCUT2D eigenvalue weighted by Gasteiger charge is -2.36. The molecule has 3 rings (SSSR count). The third-order valence-corrected chi connectivity index (χ3v) is 4.06. The molecule has 5 heteroatoms. The van der Waals surface area contributed by atoms with E-state index in [2.05, 4.69) is 52.3 Å². The van der Waals surface area contributed by atoms with E-state index in [0.717, 1.165) is 38.5 Å². The molecule has 0 spiro atoms. The molecule has 2 aromatic carbocycles. The van der Waals surface area contributed by atoms with Crippen LogP contribution in [0.4, 0.5) is 5.69 Å². The molecule has 3 nitrogen and oxygen atoms in total. The second-order valence-corrected chi connectivity index (χ2v) is 5.45. The summed E-state index contributed by atoms with van der Waals surface area (Å²) in [7, 11) is 1.71. The summed E-state index contributed by atoms with van der Waals surface area (Å²) in [6.07, 6.45) is 0. The molecule has 1 saturated heterocycles. The van der Waals surface area contributed by atoms with E-state index < -0.39 is 0 Å². The molecule has 0 unspecified atom stereocenters. The van der Waals surface area contributed by atoms with Crippen molar-refractivity contribution >= 4 is 30.5 Å². The molecular weight excluding hydrogens is 331 g/mol. The summed E-state index contributed by atoms with van der Waals surface area (Å²) >= 11 is 0. The smallest absolute Gasteiger partial charge is 0.118 e. The van der Waals surface area contributed by atoms with E-state index >= 15 is 0 Å². The van der Waals surface area contributed by atoms with Gasteiger partial charge in [0, 0.05) is 38.4 Å². The van der Waals surface area contributed by atoms with Gasteiger partial charge in [0.05, 0.1) is 7.11 Å². The predicted octanol–water partition coefficient (Wildman–Crippen LogP) is 3.86. The van der Waals surface area contributed by atoms with Crippen molar-refractivity contribution in [3.8, 4) is 5.75 Å². The largest absolute Gasteiger partial charge is 0.497 e. The highest BCUT2D eigenvalue weighted by Crippen LogP contribution is 2.17. The number of nitrogens with zero attached hydrogens (tertiary/aromatic N) is 2. The molecule has 1 aliphatic heterocycles. The summed E-state index contributed by atoms with van der Waals surface area (Å²) in [6.45, 7) is 5.44. The lowest BCUT2D eigenvalue weighted by atomic mass is 10.2. The van der Waals surface area contributed by atoms with Gasteiger partial charge in [-0.05, 0) is 29.8 Å². The van der Waals surface area contributed by atoms with Gasteiger partial charge in [0.15, 0.2) is 0 Å². The Hall–Kier alpha value is -1.42. The zero-order valence-electron chi connectivity index (χ0n) is 13.4. The van der Waals surface area contributed by atoms with E-state index in [0.29, 0.717) is 0 Å². The fraction of sp³-hybridized carbons (Fsp3) is 0.333. The minimum atomic E-state index is 0. The monoisotopic (exact) mass is 354 g/mol. The van der Waals surface area contributed by atoms with Crippen LogP contribution in [0.3, 0.4) is 0 Å². The number of rotatable bonds is 4. The van der Waals surface area contributed by atoms with Crippen LogP contribution in [-0.4, -0.2) is 38.2 Å². The van der Waals surface area contributed by atoms with Crippen molar-refractivity contribution in [1.82, 2.24) is 4.90 Å². The standard InChI is InChI=1S/C18H22N2O.2ClH/c1-21-18-9-7-16(8-10-18)15-19-11-13-20(14-12-19)17-5-3-2-4-6-17;;/h2-10H,11-15H2,1H3;2*1H. The fourth-order valence-electron chi connectivity index (χ4n) is 2.79. The Kier molecular flexibility index (Phi) is 8.24. The van der Waals surface area contributed by atoms with Gasteiger partial charge in [-0.3, -0.25) is 4.90 Å². The first-order chi connectivity index (χ1) is 10.3. The van der Waals surface area contributed by atoms with E-state index in [4.69, 9.17) is 4.74 Å². The average Bonchev–Trinajstić information content (AvgIpc) is 2.57. The molecule has 1 aliphatic rings. The van der Waals surface area contributed by atoms with Gasteiger partial charge in [0.25, 0.3) is 0 Å². The zero-order valence-corrected chi connectivity index (χ0v) is 15.0. The summed E-state index contributed by atoms with van der Waals surface area (Å²) in [4.78, 5) is 4.98. The Morgan fingerprint density at radius 3 is 2.00 bits per heavy atom. The third-order valence-electron chi connectivity index (χ3n) is 4.06. The molecule has 126 valence electrons. The minimum Gasteiger partial charge on any atom is -0.497 e. The molecule has 1 heterocycles. The highest BCUT2D eigenvalue weighted by atomic mass is 35.5. The van der Waals surface area contributed by atoms with Crippen LogP contribution in [-0.2, 0) is 6.54 Å².